The molecule has 0 bridgehead atoms. The van der Waals surface area contributed by atoms with Crippen LogP contribution in [0.3, 0.4) is 0 Å². The molecule has 9 heteroatoms. The van der Waals surface area contributed by atoms with E-state index in [2.05, 4.69) is 10.1 Å². The fraction of sp³-hybridized carbons (Fsp3) is 0.200. The maximum absolute atomic E-state index is 10.0. The number of hydrogen-bond donors (Lipinski definition) is 3. The second kappa shape index (κ2) is 8.70. The van der Waals surface area contributed by atoms with E-state index < -0.39 is 17.2 Å². The van der Waals surface area contributed by atoms with E-state index in [9.17, 15) is 15.3 Å². The van der Waals surface area contributed by atoms with Gasteiger partial charge in [0.15, 0.2) is 11.5 Å². The van der Waals surface area contributed by atoms with Gasteiger partial charge in [-0.3, -0.25) is 4.99 Å². The quantitative estimate of drug-likeness (QED) is 0.423. The van der Waals surface area contributed by atoms with Crippen molar-refractivity contribution in [1.82, 2.24) is 4.68 Å². The van der Waals surface area contributed by atoms with E-state index in [4.69, 9.17) is 9.47 Å². The van der Waals surface area contributed by atoms with Crippen LogP contribution in [0.2, 0.25) is 0 Å². The molecule has 0 radical (unpaired) electrons. The molecule has 0 fully saturated rings. The number of thiazole rings is 1. The highest BCUT2D eigenvalue weighted by Crippen LogP contribution is 2.36. The van der Waals surface area contributed by atoms with Gasteiger partial charge in [-0.2, -0.15) is 5.10 Å². The number of phenolic OH excluding ortho intramolecular Hbond substituents is 3. The lowest BCUT2D eigenvalue weighted by Gasteiger charge is -2.11. The van der Waals surface area contributed by atoms with Crippen LogP contribution in [-0.2, 0) is 0 Å². The molecule has 1 heterocycles. The van der Waals surface area contributed by atoms with Crippen LogP contribution in [0.1, 0.15) is 12.5 Å². The Morgan fingerprint density at radius 2 is 1.86 bits per heavy atom. The predicted octanol–water partition coefficient (Wildman–Crippen LogP) is 3.15. The summed E-state index contributed by atoms with van der Waals surface area (Å²) < 4.78 is 12.4. The van der Waals surface area contributed by atoms with E-state index >= 15 is 0 Å². The molecule has 1 aromatic heterocycles. The van der Waals surface area contributed by atoms with Gasteiger partial charge in [0.25, 0.3) is 0 Å². The number of aromatic hydroxyl groups is 3. The fourth-order valence-corrected chi connectivity index (χ4v) is 3.56. The van der Waals surface area contributed by atoms with Crippen LogP contribution in [0.15, 0.2) is 45.8 Å². The van der Waals surface area contributed by atoms with Crippen LogP contribution in [0.4, 0.5) is 0 Å². The summed E-state index contributed by atoms with van der Waals surface area (Å²) in [6, 6.07) is 8.17. The Labute approximate surface area is 171 Å². The summed E-state index contributed by atoms with van der Waals surface area (Å²) in [6.07, 6.45) is 1.38. The summed E-state index contributed by atoms with van der Waals surface area (Å²) >= 11 is 1.41. The Kier molecular flexibility index (Phi) is 6.08. The van der Waals surface area contributed by atoms with Gasteiger partial charge in [0.1, 0.15) is 11.5 Å². The number of phenols is 3. The van der Waals surface area contributed by atoms with Gasteiger partial charge in [0.2, 0.25) is 10.6 Å². The molecule has 29 heavy (non-hydrogen) atoms. The SMILES string of the molecule is CCN=c1scc(-c2cc(OC)ccc2OC)n1N=Cc1ccc(O)c(O)c1O. The number of nitrogens with zero attached hydrogens (tertiary/aromatic N) is 3. The minimum atomic E-state index is -0.600. The molecule has 3 N–H and O–H groups in total. The lowest BCUT2D eigenvalue weighted by Crippen LogP contribution is -2.12. The minimum Gasteiger partial charge on any atom is -0.504 e. The molecule has 0 aliphatic carbocycles. The highest BCUT2D eigenvalue weighted by Gasteiger charge is 2.15. The van der Waals surface area contributed by atoms with Crippen molar-refractivity contribution in [2.24, 2.45) is 10.1 Å². The average molecular weight is 415 g/mol. The van der Waals surface area contributed by atoms with Crippen LogP contribution in [-0.4, -0.2) is 47.0 Å². The molecule has 0 aliphatic rings. The Morgan fingerprint density at radius 1 is 1.07 bits per heavy atom. The highest BCUT2D eigenvalue weighted by molar-refractivity contribution is 7.07. The largest absolute Gasteiger partial charge is 0.504 e. The van der Waals surface area contributed by atoms with E-state index in [0.29, 0.717) is 22.8 Å². The molecule has 152 valence electrons. The molecule has 2 aromatic carbocycles. The van der Waals surface area contributed by atoms with Gasteiger partial charge in [-0.1, -0.05) is 0 Å². The zero-order chi connectivity index (χ0) is 21.0. The van der Waals surface area contributed by atoms with Crippen LogP contribution in [0, 0.1) is 0 Å². The number of hydrogen-bond acceptors (Lipinski definition) is 8. The van der Waals surface area contributed by atoms with Gasteiger partial charge in [-0.25, -0.2) is 4.68 Å². The molecule has 0 atom stereocenters. The number of aromatic nitrogens is 1. The number of rotatable bonds is 6. The zero-order valence-corrected chi connectivity index (χ0v) is 17.0. The van der Waals surface area contributed by atoms with Gasteiger partial charge in [0.05, 0.1) is 26.1 Å². The maximum atomic E-state index is 10.0. The second-order valence-electron chi connectivity index (χ2n) is 5.87. The van der Waals surface area contributed by atoms with E-state index in [1.54, 1.807) is 31.0 Å². The summed E-state index contributed by atoms with van der Waals surface area (Å²) in [5.74, 6) is -0.166. The molecule has 3 rings (SSSR count). The van der Waals surface area contributed by atoms with E-state index in [-0.39, 0.29) is 5.56 Å². The first-order chi connectivity index (χ1) is 14.0. The normalized spacial score (nSPS) is 11.9. The van der Waals surface area contributed by atoms with Crippen molar-refractivity contribution in [2.45, 2.75) is 6.92 Å². The summed E-state index contributed by atoms with van der Waals surface area (Å²) in [4.78, 5) is 5.11. The van der Waals surface area contributed by atoms with Crippen LogP contribution < -0.4 is 14.3 Å². The van der Waals surface area contributed by atoms with Gasteiger partial charge in [-0.15, -0.1) is 11.3 Å². The van der Waals surface area contributed by atoms with Crippen molar-refractivity contribution in [3.05, 3.63) is 46.1 Å². The van der Waals surface area contributed by atoms with Crippen LogP contribution >= 0.6 is 11.3 Å². The fourth-order valence-electron chi connectivity index (χ4n) is 2.66. The summed E-state index contributed by atoms with van der Waals surface area (Å²) in [7, 11) is 3.17. The third kappa shape index (κ3) is 4.04. The maximum Gasteiger partial charge on any atom is 0.206 e. The molecular weight excluding hydrogens is 394 g/mol. The van der Waals surface area contributed by atoms with E-state index in [0.717, 1.165) is 11.3 Å². The van der Waals surface area contributed by atoms with E-state index in [1.807, 2.05) is 18.4 Å². The third-order valence-electron chi connectivity index (χ3n) is 4.13. The Morgan fingerprint density at radius 3 is 2.55 bits per heavy atom. The lowest BCUT2D eigenvalue weighted by molar-refractivity contribution is 0.367. The second-order valence-corrected chi connectivity index (χ2v) is 6.71. The Hall–Kier alpha value is -3.46. The summed E-state index contributed by atoms with van der Waals surface area (Å²) in [5, 5.41) is 35.6. The zero-order valence-electron chi connectivity index (χ0n) is 16.2. The first-order valence-corrected chi connectivity index (χ1v) is 9.59. The molecule has 0 amide bonds. The first kappa shape index (κ1) is 20.3. The van der Waals surface area contributed by atoms with Crippen molar-refractivity contribution in [3.8, 4) is 40.0 Å². The smallest absolute Gasteiger partial charge is 0.206 e. The average Bonchev–Trinajstić information content (AvgIpc) is 3.13. The van der Waals surface area contributed by atoms with Crippen molar-refractivity contribution in [3.63, 3.8) is 0 Å². The van der Waals surface area contributed by atoms with Gasteiger partial charge < -0.3 is 24.8 Å². The summed E-state index contributed by atoms with van der Waals surface area (Å²) in [6.45, 7) is 2.49. The molecular formula is C20H21N3O5S. The van der Waals surface area contributed by atoms with Crippen molar-refractivity contribution < 1.29 is 24.8 Å². The van der Waals surface area contributed by atoms with Gasteiger partial charge in [-0.05, 0) is 37.3 Å². The molecule has 0 aliphatic heterocycles. The number of ether oxygens (including phenoxy) is 2. The van der Waals surface area contributed by atoms with Crippen LogP contribution in [0.25, 0.3) is 11.3 Å². The molecule has 3 aromatic rings. The van der Waals surface area contributed by atoms with E-state index in [1.165, 1.54) is 29.7 Å². The predicted molar refractivity (Wildman–Crippen MR) is 111 cm³/mol. The number of methoxy groups -OCH3 is 2. The Balaban J connectivity index is 2.17. The molecule has 0 saturated heterocycles. The van der Waals surface area contributed by atoms with Crippen molar-refractivity contribution >= 4 is 17.6 Å². The molecule has 0 unspecified atom stereocenters. The molecule has 8 nitrogen and oxygen atoms in total. The minimum absolute atomic E-state index is 0.241. The molecule has 0 spiro atoms. The van der Waals surface area contributed by atoms with Crippen molar-refractivity contribution in [1.29, 1.82) is 0 Å². The first-order valence-electron chi connectivity index (χ1n) is 8.71. The lowest BCUT2D eigenvalue weighted by atomic mass is 10.1. The van der Waals surface area contributed by atoms with Crippen molar-refractivity contribution in [2.75, 3.05) is 20.8 Å². The topological polar surface area (TPSA) is 109 Å². The number of benzene rings is 2. The Bertz CT molecular complexity index is 1120. The monoisotopic (exact) mass is 415 g/mol. The third-order valence-corrected chi connectivity index (χ3v) is 4.99. The summed E-state index contributed by atoms with van der Waals surface area (Å²) in [5.41, 5.74) is 1.72. The van der Waals surface area contributed by atoms with Gasteiger partial charge in [0, 0.05) is 23.1 Å². The van der Waals surface area contributed by atoms with Crippen LogP contribution in [0.5, 0.6) is 28.7 Å². The standard InChI is InChI=1S/C20H21N3O5S/c1-4-21-20-23(22-10-12-5-7-16(24)19(26)18(12)25)15(11-29-20)14-9-13(27-2)6-8-17(14)28-3/h5-11,24-26H,4H2,1-3H3. The highest BCUT2D eigenvalue weighted by atomic mass is 32.1. The molecule has 0 saturated carbocycles. The van der Waals surface area contributed by atoms with Gasteiger partial charge >= 0.3 is 0 Å².